The van der Waals surface area contributed by atoms with Crippen LogP contribution in [0.4, 0.5) is 0 Å². The Bertz CT molecular complexity index is 1410. The van der Waals surface area contributed by atoms with E-state index in [9.17, 15) is 19.2 Å². The van der Waals surface area contributed by atoms with Crippen LogP contribution in [0.25, 0.3) is 0 Å². The van der Waals surface area contributed by atoms with Crippen molar-refractivity contribution in [2.45, 2.75) is 111 Å². The molecule has 4 atom stereocenters. The van der Waals surface area contributed by atoms with Crippen LogP contribution in [0.3, 0.4) is 0 Å². The lowest BCUT2D eigenvalue weighted by Crippen LogP contribution is -2.30. The highest BCUT2D eigenvalue weighted by molar-refractivity contribution is 6.01. The van der Waals surface area contributed by atoms with E-state index in [4.69, 9.17) is 0 Å². The van der Waals surface area contributed by atoms with Crippen LogP contribution in [0.15, 0.2) is 60.7 Å². The topological polar surface area (TPSA) is 68.3 Å². The van der Waals surface area contributed by atoms with Crippen molar-refractivity contribution in [2.75, 3.05) is 0 Å². The van der Waals surface area contributed by atoms with E-state index >= 15 is 0 Å². The molecule has 0 spiro atoms. The Kier molecular flexibility index (Phi) is 12.2. The van der Waals surface area contributed by atoms with Gasteiger partial charge in [0, 0.05) is 30.7 Å². The molecule has 0 amide bonds. The van der Waals surface area contributed by atoms with E-state index < -0.39 is 0 Å². The van der Waals surface area contributed by atoms with Gasteiger partial charge in [0.05, 0.1) is 6.42 Å². The molecule has 0 aliphatic heterocycles. The third-order valence-electron chi connectivity index (χ3n) is 9.86. The van der Waals surface area contributed by atoms with Crippen LogP contribution >= 0.6 is 0 Å². The molecule has 0 N–H and O–H groups in total. The number of Topliss-reactive ketones (excluding diaryl/α,β-unsaturated/α-hetero) is 4. The van der Waals surface area contributed by atoms with Gasteiger partial charge in [0.15, 0.2) is 5.78 Å². The number of fused-ring (bicyclic) bond motifs is 2. The molecule has 2 aliphatic carbocycles. The molecule has 0 aromatic heterocycles. The molecule has 0 fully saturated rings. The number of hydrogen-bond acceptors (Lipinski definition) is 4. The van der Waals surface area contributed by atoms with Crippen molar-refractivity contribution < 1.29 is 19.2 Å². The molecule has 4 heteroatoms. The summed E-state index contributed by atoms with van der Waals surface area (Å²) in [5, 5.41) is 0. The largest absolute Gasteiger partial charge is 0.300 e. The van der Waals surface area contributed by atoms with Crippen molar-refractivity contribution in [3.05, 3.63) is 94.1 Å². The zero-order valence-electron chi connectivity index (χ0n) is 27.2. The van der Waals surface area contributed by atoms with Gasteiger partial charge in [-0.05, 0) is 97.9 Å². The van der Waals surface area contributed by atoms with Crippen molar-refractivity contribution in [1.29, 1.82) is 0 Å². The van der Waals surface area contributed by atoms with Crippen LogP contribution in [0.2, 0.25) is 0 Å². The number of ketones is 4. The lowest BCUT2D eigenvalue weighted by molar-refractivity contribution is -0.130. The second-order valence-electron chi connectivity index (χ2n) is 13.2. The Morgan fingerprint density at radius 2 is 1.73 bits per heavy atom. The molecule has 44 heavy (non-hydrogen) atoms. The monoisotopic (exact) mass is 594 g/mol. The van der Waals surface area contributed by atoms with E-state index in [1.807, 2.05) is 13.8 Å². The lowest BCUT2D eigenvalue weighted by Gasteiger charge is -2.32. The fraction of sp³-hybridized carbons (Fsp3) is 0.500. The summed E-state index contributed by atoms with van der Waals surface area (Å²) < 4.78 is 0. The van der Waals surface area contributed by atoms with Gasteiger partial charge in [0.1, 0.15) is 17.3 Å². The van der Waals surface area contributed by atoms with Gasteiger partial charge < -0.3 is 0 Å². The SMILES string of the molecule is CCCC(CC1CC(=O)c2c(ccc(CC(=O)CCC3C/C=C\C=C/Cc4ccccc43)c2C)C1)C(CC)C(=O)CC(C)=O. The molecule has 0 bridgehead atoms. The zero-order valence-corrected chi connectivity index (χ0v) is 27.2. The maximum Gasteiger partial charge on any atom is 0.163 e. The molecule has 4 rings (SSSR count). The van der Waals surface area contributed by atoms with Crippen molar-refractivity contribution in [2.24, 2.45) is 17.8 Å². The predicted octanol–water partition coefficient (Wildman–Crippen LogP) is 8.86. The summed E-state index contributed by atoms with van der Waals surface area (Å²) in [5.74, 6) is 0.919. The molecular formula is C40H50O4. The average Bonchev–Trinajstić information content (AvgIpc) is 3.08. The molecule has 2 aromatic carbocycles. The maximum atomic E-state index is 13.5. The first kappa shape index (κ1) is 33.5. The summed E-state index contributed by atoms with van der Waals surface area (Å²) in [6.45, 7) is 7.65. The van der Waals surface area contributed by atoms with E-state index in [-0.39, 0.29) is 47.3 Å². The van der Waals surface area contributed by atoms with Gasteiger partial charge in [-0.1, -0.05) is 87.4 Å². The number of benzene rings is 2. The average molecular weight is 595 g/mol. The molecule has 0 saturated heterocycles. The molecule has 0 saturated carbocycles. The number of rotatable bonds is 14. The highest BCUT2D eigenvalue weighted by Gasteiger charge is 2.33. The van der Waals surface area contributed by atoms with Gasteiger partial charge in [-0.3, -0.25) is 19.2 Å². The molecule has 4 unspecified atom stereocenters. The van der Waals surface area contributed by atoms with Crippen molar-refractivity contribution in [3.8, 4) is 0 Å². The van der Waals surface area contributed by atoms with Crippen LogP contribution in [-0.4, -0.2) is 23.1 Å². The quantitative estimate of drug-likeness (QED) is 0.205. The summed E-state index contributed by atoms with van der Waals surface area (Å²) in [5.41, 5.74) is 6.47. The normalized spacial score (nSPS) is 20.7. The number of carbonyl (C=O) groups excluding carboxylic acids is 4. The van der Waals surface area contributed by atoms with Crippen LogP contribution < -0.4 is 0 Å². The Labute approximate surface area is 264 Å². The highest BCUT2D eigenvalue weighted by Crippen LogP contribution is 2.37. The smallest absolute Gasteiger partial charge is 0.163 e. The molecule has 0 heterocycles. The molecule has 234 valence electrons. The van der Waals surface area contributed by atoms with Gasteiger partial charge in [-0.2, -0.15) is 0 Å². The minimum absolute atomic E-state index is 0.00825. The molecular weight excluding hydrogens is 544 g/mol. The Morgan fingerprint density at radius 1 is 0.955 bits per heavy atom. The maximum absolute atomic E-state index is 13.5. The molecule has 4 nitrogen and oxygen atoms in total. The Balaban J connectivity index is 1.42. The van der Waals surface area contributed by atoms with Crippen molar-refractivity contribution in [3.63, 3.8) is 0 Å². The van der Waals surface area contributed by atoms with Gasteiger partial charge in [0.25, 0.3) is 0 Å². The van der Waals surface area contributed by atoms with Gasteiger partial charge in [-0.15, -0.1) is 0 Å². The van der Waals surface area contributed by atoms with E-state index in [1.165, 1.54) is 18.1 Å². The number of carbonyl (C=O) groups is 4. The lowest BCUT2D eigenvalue weighted by atomic mass is 9.72. The minimum Gasteiger partial charge on any atom is -0.300 e. The second kappa shape index (κ2) is 16.1. The molecule has 2 aromatic rings. The summed E-state index contributed by atoms with van der Waals surface area (Å²) in [4.78, 5) is 51.4. The van der Waals surface area contributed by atoms with E-state index in [0.29, 0.717) is 25.2 Å². The van der Waals surface area contributed by atoms with Gasteiger partial charge >= 0.3 is 0 Å². The third-order valence-corrected chi connectivity index (χ3v) is 9.86. The third kappa shape index (κ3) is 8.61. The molecule has 2 aliphatic rings. The fourth-order valence-corrected chi connectivity index (χ4v) is 7.71. The first-order chi connectivity index (χ1) is 21.2. The van der Waals surface area contributed by atoms with E-state index in [0.717, 1.165) is 73.6 Å². The van der Waals surface area contributed by atoms with Crippen LogP contribution in [0.5, 0.6) is 0 Å². The van der Waals surface area contributed by atoms with Gasteiger partial charge in [0.2, 0.25) is 0 Å². The summed E-state index contributed by atoms with van der Waals surface area (Å²) >= 11 is 0. The van der Waals surface area contributed by atoms with E-state index in [2.05, 4.69) is 67.6 Å². The standard InChI is InChI=1S/C40H50O4/c1-5-13-33(36(6-2)38(43)22-27(3)41)23-29-24-34-19-18-32(28(4)40(34)39(44)25-29)26-35(42)21-20-31-15-10-8-7-9-14-30-16-11-12-17-37(30)31/h7-12,16-19,29,31,33,36H,5-6,13-15,20-26H2,1-4H3/b9-7-,10-8-. The van der Waals surface area contributed by atoms with Crippen LogP contribution in [-0.2, 0) is 33.6 Å². The molecule has 0 radical (unpaired) electrons. The highest BCUT2D eigenvalue weighted by atomic mass is 16.1. The first-order valence-corrected chi connectivity index (χ1v) is 16.8. The predicted molar refractivity (Wildman–Crippen MR) is 178 cm³/mol. The minimum atomic E-state index is -0.126. The summed E-state index contributed by atoms with van der Waals surface area (Å²) in [6, 6.07) is 12.7. The summed E-state index contributed by atoms with van der Waals surface area (Å²) in [7, 11) is 0. The van der Waals surface area contributed by atoms with Crippen LogP contribution in [0, 0.1) is 24.7 Å². The van der Waals surface area contributed by atoms with Crippen molar-refractivity contribution in [1.82, 2.24) is 0 Å². The van der Waals surface area contributed by atoms with E-state index in [1.54, 1.807) is 0 Å². The Morgan fingerprint density at radius 3 is 2.48 bits per heavy atom. The second-order valence-corrected chi connectivity index (χ2v) is 13.2. The van der Waals surface area contributed by atoms with Crippen molar-refractivity contribution >= 4 is 23.1 Å². The number of allylic oxidation sites excluding steroid dienone is 4. The first-order valence-electron chi connectivity index (χ1n) is 16.8. The fourth-order valence-electron chi connectivity index (χ4n) is 7.71. The van der Waals surface area contributed by atoms with Crippen LogP contribution in [0.1, 0.15) is 123 Å². The Hall–Kier alpha value is -3.40. The van der Waals surface area contributed by atoms with Gasteiger partial charge in [-0.25, -0.2) is 0 Å². The summed E-state index contributed by atoms with van der Waals surface area (Å²) in [6.07, 6.45) is 16.9. The number of hydrogen-bond donors (Lipinski definition) is 0. The zero-order chi connectivity index (χ0) is 31.6.